The van der Waals surface area contributed by atoms with E-state index in [0.717, 1.165) is 11.1 Å². The number of nitrogens with zero attached hydrogens (tertiary/aromatic N) is 1. The molecule has 8 heteroatoms. The molecule has 1 aliphatic rings. The van der Waals surface area contributed by atoms with Crippen LogP contribution in [0.5, 0.6) is 5.75 Å². The molecule has 0 spiro atoms. The number of rotatable bonds is 7. The summed E-state index contributed by atoms with van der Waals surface area (Å²) < 4.78 is 16.7. The van der Waals surface area contributed by atoms with E-state index in [1.165, 1.54) is 0 Å². The van der Waals surface area contributed by atoms with E-state index in [9.17, 15) is 9.59 Å². The zero-order chi connectivity index (χ0) is 22.2. The van der Waals surface area contributed by atoms with E-state index in [4.69, 9.17) is 25.8 Å². The number of nitrogens with one attached hydrogen (secondary N) is 1. The van der Waals surface area contributed by atoms with E-state index in [2.05, 4.69) is 5.32 Å². The summed E-state index contributed by atoms with van der Waals surface area (Å²) in [5.41, 5.74) is 1.81. The average Bonchev–Trinajstić information content (AvgIpc) is 2.79. The van der Waals surface area contributed by atoms with Crippen LogP contribution in [0.15, 0.2) is 48.5 Å². The third kappa shape index (κ3) is 6.87. The molecule has 0 saturated carbocycles. The standard InChI is InChI=1S/C23H27ClN2O5/c1-16-12-19(8-9-21(16)24)30-15-20-13-26(10-11-29-20)22(27)17(2)25-23(28)31-14-18-6-4-3-5-7-18/h3-9,12,17,20H,10-11,13-15H2,1-2H3,(H,25,28). The summed E-state index contributed by atoms with van der Waals surface area (Å²) in [7, 11) is 0. The van der Waals surface area contributed by atoms with Gasteiger partial charge in [-0.2, -0.15) is 0 Å². The summed E-state index contributed by atoms with van der Waals surface area (Å²) in [5.74, 6) is 0.512. The molecular weight excluding hydrogens is 420 g/mol. The molecule has 0 radical (unpaired) electrons. The second kappa shape index (κ2) is 11.0. The molecular formula is C23H27ClN2O5. The maximum Gasteiger partial charge on any atom is 0.408 e. The maximum absolute atomic E-state index is 12.8. The summed E-state index contributed by atoms with van der Waals surface area (Å²) in [5, 5.41) is 3.28. The highest BCUT2D eigenvalue weighted by Crippen LogP contribution is 2.21. The predicted octanol–water partition coefficient (Wildman–Crippen LogP) is 3.57. The van der Waals surface area contributed by atoms with Crippen LogP contribution in [0.3, 0.4) is 0 Å². The fourth-order valence-corrected chi connectivity index (χ4v) is 3.31. The lowest BCUT2D eigenvalue weighted by molar-refractivity contribution is -0.141. The van der Waals surface area contributed by atoms with Gasteiger partial charge in [0.25, 0.3) is 0 Å². The van der Waals surface area contributed by atoms with Crippen LogP contribution in [0.25, 0.3) is 0 Å². The van der Waals surface area contributed by atoms with Gasteiger partial charge in [-0.15, -0.1) is 0 Å². The molecule has 0 aliphatic carbocycles. The first-order chi connectivity index (χ1) is 14.9. The van der Waals surface area contributed by atoms with Gasteiger partial charge in [0.1, 0.15) is 31.1 Å². The molecule has 7 nitrogen and oxygen atoms in total. The summed E-state index contributed by atoms with van der Waals surface area (Å²) in [6.45, 7) is 5.26. The molecule has 2 aromatic carbocycles. The quantitative estimate of drug-likeness (QED) is 0.703. The molecule has 0 aromatic heterocycles. The molecule has 1 aliphatic heterocycles. The van der Waals surface area contributed by atoms with E-state index in [0.29, 0.717) is 37.1 Å². The van der Waals surface area contributed by atoms with E-state index in [1.807, 2.05) is 43.3 Å². The van der Waals surface area contributed by atoms with Crippen molar-refractivity contribution in [1.29, 1.82) is 0 Å². The van der Waals surface area contributed by atoms with Gasteiger partial charge in [0.15, 0.2) is 0 Å². The molecule has 1 N–H and O–H groups in total. The first kappa shape index (κ1) is 22.9. The zero-order valence-electron chi connectivity index (χ0n) is 17.7. The Morgan fingerprint density at radius 1 is 1.26 bits per heavy atom. The lowest BCUT2D eigenvalue weighted by Gasteiger charge is -2.34. The third-order valence-corrected chi connectivity index (χ3v) is 5.36. The second-order valence-corrected chi connectivity index (χ2v) is 7.83. The van der Waals surface area contributed by atoms with Gasteiger partial charge in [0.05, 0.1) is 13.2 Å². The number of carbonyl (C=O) groups excluding carboxylic acids is 2. The van der Waals surface area contributed by atoms with Crippen molar-refractivity contribution >= 4 is 23.6 Å². The minimum absolute atomic E-state index is 0.148. The second-order valence-electron chi connectivity index (χ2n) is 7.43. The molecule has 1 saturated heterocycles. The van der Waals surface area contributed by atoms with Gasteiger partial charge >= 0.3 is 6.09 Å². The first-order valence-electron chi connectivity index (χ1n) is 10.2. The van der Waals surface area contributed by atoms with Gasteiger partial charge in [-0.25, -0.2) is 4.79 Å². The Bertz CT molecular complexity index is 893. The van der Waals surface area contributed by atoms with Crippen LogP contribution >= 0.6 is 11.6 Å². The number of carbonyl (C=O) groups is 2. The van der Waals surface area contributed by atoms with Gasteiger partial charge in [0.2, 0.25) is 5.91 Å². The van der Waals surface area contributed by atoms with Crippen molar-refractivity contribution in [3.63, 3.8) is 0 Å². The van der Waals surface area contributed by atoms with E-state index < -0.39 is 12.1 Å². The van der Waals surface area contributed by atoms with E-state index in [-0.39, 0.29) is 18.6 Å². The summed E-state index contributed by atoms with van der Waals surface area (Å²) >= 11 is 6.04. The lowest BCUT2D eigenvalue weighted by Crippen LogP contribution is -2.53. The molecule has 166 valence electrons. The van der Waals surface area contributed by atoms with Crippen LogP contribution < -0.4 is 10.1 Å². The molecule has 2 aromatic rings. The van der Waals surface area contributed by atoms with Crippen molar-refractivity contribution in [2.24, 2.45) is 0 Å². The Morgan fingerprint density at radius 2 is 2.03 bits per heavy atom. The lowest BCUT2D eigenvalue weighted by atomic mass is 10.2. The van der Waals surface area contributed by atoms with Gasteiger partial charge < -0.3 is 24.4 Å². The monoisotopic (exact) mass is 446 g/mol. The molecule has 3 rings (SSSR count). The molecule has 1 heterocycles. The van der Waals surface area contributed by atoms with Gasteiger partial charge in [-0.3, -0.25) is 4.79 Å². The molecule has 1 fully saturated rings. The fraction of sp³-hybridized carbons (Fsp3) is 0.391. The summed E-state index contributed by atoms with van der Waals surface area (Å²) in [4.78, 5) is 26.5. The molecule has 31 heavy (non-hydrogen) atoms. The van der Waals surface area contributed by atoms with Crippen LogP contribution in [0.1, 0.15) is 18.1 Å². The van der Waals surface area contributed by atoms with Crippen molar-refractivity contribution in [2.45, 2.75) is 32.6 Å². The molecule has 0 bridgehead atoms. The third-order valence-electron chi connectivity index (χ3n) is 4.93. The minimum Gasteiger partial charge on any atom is -0.491 e. The predicted molar refractivity (Wildman–Crippen MR) is 117 cm³/mol. The summed E-state index contributed by atoms with van der Waals surface area (Å²) in [6, 6.07) is 14.1. The van der Waals surface area contributed by atoms with Gasteiger partial charge in [-0.1, -0.05) is 41.9 Å². The van der Waals surface area contributed by atoms with Crippen molar-refractivity contribution < 1.29 is 23.8 Å². The molecule has 2 atom stereocenters. The van der Waals surface area contributed by atoms with Crippen molar-refractivity contribution in [1.82, 2.24) is 10.2 Å². The van der Waals surface area contributed by atoms with Crippen molar-refractivity contribution in [2.75, 3.05) is 26.3 Å². The Balaban J connectivity index is 1.44. The summed E-state index contributed by atoms with van der Waals surface area (Å²) in [6.07, 6.45) is -0.887. The maximum atomic E-state index is 12.8. The number of benzene rings is 2. The number of amides is 2. The Kier molecular flexibility index (Phi) is 8.14. The number of morpholine rings is 1. The highest BCUT2D eigenvalue weighted by Gasteiger charge is 2.28. The zero-order valence-corrected chi connectivity index (χ0v) is 18.4. The van der Waals surface area contributed by atoms with Crippen LogP contribution in [-0.2, 0) is 20.9 Å². The van der Waals surface area contributed by atoms with E-state index >= 15 is 0 Å². The highest BCUT2D eigenvalue weighted by molar-refractivity contribution is 6.31. The number of hydrogen-bond donors (Lipinski definition) is 1. The van der Waals surface area contributed by atoms with Gasteiger partial charge in [-0.05, 0) is 43.2 Å². The molecule has 2 amide bonds. The largest absolute Gasteiger partial charge is 0.491 e. The Labute approximate surface area is 187 Å². The highest BCUT2D eigenvalue weighted by atomic mass is 35.5. The van der Waals surface area contributed by atoms with Crippen molar-refractivity contribution in [3.8, 4) is 5.75 Å². The SMILES string of the molecule is Cc1cc(OCC2CN(C(=O)C(C)NC(=O)OCc3ccccc3)CCO2)ccc1Cl. The topological polar surface area (TPSA) is 77.1 Å². The Hall–Kier alpha value is -2.77. The molecule has 2 unspecified atom stereocenters. The number of ether oxygens (including phenoxy) is 3. The van der Waals surface area contributed by atoms with Crippen LogP contribution in [0, 0.1) is 6.92 Å². The first-order valence-corrected chi connectivity index (χ1v) is 10.6. The number of hydrogen-bond acceptors (Lipinski definition) is 5. The van der Waals surface area contributed by atoms with Crippen LogP contribution in [-0.4, -0.2) is 55.3 Å². The average molecular weight is 447 g/mol. The van der Waals surface area contributed by atoms with Crippen LogP contribution in [0.2, 0.25) is 5.02 Å². The van der Waals surface area contributed by atoms with Crippen molar-refractivity contribution in [3.05, 3.63) is 64.7 Å². The van der Waals surface area contributed by atoms with Crippen LogP contribution in [0.4, 0.5) is 4.79 Å². The van der Waals surface area contributed by atoms with Gasteiger partial charge in [0, 0.05) is 11.6 Å². The smallest absolute Gasteiger partial charge is 0.408 e. The number of aryl methyl sites for hydroxylation is 1. The number of alkyl carbamates (subject to hydrolysis) is 1. The minimum atomic E-state index is -0.707. The normalized spacial score (nSPS) is 17.0. The fourth-order valence-electron chi connectivity index (χ4n) is 3.19. The Morgan fingerprint density at radius 3 is 2.77 bits per heavy atom. The number of halogens is 1. The van der Waals surface area contributed by atoms with E-state index in [1.54, 1.807) is 24.0 Å².